The largest absolute Gasteiger partial charge is 0.299 e. The number of rotatable bonds is 6. The Morgan fingerprint density at radius 2 is 1.63 bits per heavy atom. The average molecular weight is 415 g/mol. The van der Waals surface area contributed by atoms with Crippen LogP contribution >= 0.6 is 0 Å². The van der Waals surface area contributed by atoms with Crippen LogP contribution in [0.2, 0.25) is 0 Å². The van der Waals surface area contributed by atoms with Gasteiger partial charge in [-0.05, 0) is 110 Å². The van der Waals surface area contributed by atoms with Gasteiger partial charge in [-0.25, -0.2) is 0 Å². The van der Waals surface area contributed by atoms with Gasteiger partial charge in [-0.15, -0.1) is 0 Å². The molecule has 4 saturated carbocycles. The van der Waals surface area contributed by atoms with Gasteiger partial charge in [0.2, 0.25) is 0 Å². The van der Waals surface area contributed by atoms with Crippen molar-refractivity contribution in [1.29, 1.82) is 0 Å². The van der Waals surface area contributed by atoms with E-state index >= 15 is 0 Å². The number of hydrogen-bond acceptors (Lipinski definition) is 1. The molecule has 0 aromatic heterocycles. The molecule has 30 heavy (non-hydrogen) atoms. The van der Waals surface area contributed by atoms with E-state index in [1.54, 1.807) is 0 Å². The summed E-state index contributed by atoms with van der Waals surface area (Å²) in [6.07, 6.45) is 15.9. The first-order valence-corrected chi connectivity index (χ1v) is 13.7. The predicted octanol–water partition coefficient (Wildman–Crippen LogP) is 8.31. The summed E-state index contributed by atoms with van der Waals surface area (Å²) in [6.45, 7) is 15.0. The molecule has 1 nitrogen and oxygen atoms in total. The van der Waals surface area contributed by atoms with Crippen LogP contribution in [0.1, 0.15) is 119 Å². The molecule has 0 spiro atoms. The normalized spacial score (nSPS) is 45.6. The molecule has 4 rings (SSSR count). The molecule has 0 amide bonds. The molecular weight excluding hydrogens is 364 g/mol. The van der Waals surface area contributed by atoms with Crippen molar-refractivity contribution < 1.29 is 4.79 Å². The molecule has 9 atom stereocenters. The smallest absolute Gasteiger partial charge is 0.136 e. The third-order valence-corrected chi connectivity index (χ3v) is 11.6. The minimum Gasteiger partial charge on any atom is -0.299 e. The van der Waals surface area contributed by atoms with E-state index in [0.29, 0.717) is 22.5 Å². The molecule has 4 aliphatic carbocycles. The zero-order valence-corrected chi connectivity index (χ0v) is 21.0. The SMILES string of the molecule is CC[C@H](CC[C@@H](C)[C@H]1CC[C@H]2[C@@H]3CCC4C(=O)CCC[C@]4(C)[C@H]3CC[C@]12C)C(C)C. The zero-order valence-electron chi connectivity index (χ0n) is 21.0. The number of carbonyl (C=O) groups excluding carboxylic acids is 1. The van der Waals surface area contributed by atoms with Crippen LogP contribution in [0, 0.1) is 58.2 Å². The van der Waals surface area contributed by atoms with Crippen LogP contribution in [-0.2, 0) is 4.79 Å². The van der Waals surface area contributed by atoms with E-state index in [2.05, 4.69) is 41.5 Å². The highest BCUT2D eigenvalue weighted by molar-refractivity contribution is 5.82. The second-order valence-electron chi connectivity index (χ2n) is 13.0. The van der Waals surface area contributed by atoms with Crippen LogP contribution in [0.4, 0.5) is 0 Å². The van der Waals surface area contributed by atoms with E-state index < -0.39 is 0 Å². The topological polar surface area (TPSA) is 17.1 Å². The van der Waals surface area contributed by atoms with Crippen molar-refractivity contribution in [1.82, 2.24) is 0 Å². The highest BCUT2D eigenvalue weighted by Gasteiger charge is 2.61. The van der Waals surface area contributed by atoms with E-state index in [0.717, 1.165) is 54.3 Å². The van der Waals surface area contributed by atoms with Gasteiger partial charge in [0.15, 0.2) is 0 Å². The van der Waals surface area contributed by atoms with Crippen molar-refractivity contribution in [3.63, 3.8) is 0 Å². The Morgan fingerprint density at radius 3 is 2.33 bits per heavy atom. The Hall–Kier alpha value is -0.330. The van der Waals surface area contributed by atoms with Gasteiger partial charge in [-0.2, -0.15) is 0 Å². The fourth-order valence-corrected chi connectivity index (χ4v) is 9.82. The van der Waals surface area contributed by atoms with E-state index in [1.807, 2.05) is 0 Å². The van der Waals surface area contributed by atoms with Crippen molar-refractivity contribution in [2.75, 3.05) is 0 Å². The second kappa shape index (κ2) is 8.55. The molecule has 0 aliphatic heterocycles. The van der Waals surface area contributed by atoms with Gasteiger partial charge in [-0.1, -0.05) is 54.4 Å². The van der Waals surface area contributed by atoms with Gasteiger partial charge < -0.3 is 0 Å². The fraction of sp³-hybridized carbons (Fsp3) is 0.966. The molecule has 4 fully saturated rings. The Bertz CT molecular complexity index is 622. The summed E-state index contributed by atoms with van der Waals surface area (Å²) < 4.78 is 0. The molecule has 0 bridgehead atoms. The summed E-state index contributed by atoms with van der Waals surface area (Å²) in [5.74, 6) is 7.25. The molecule has 172 valence electrons. The quantitative estimate of drug-likeness (QED) is 0.427. The third-order valence-electron chi connectivity index (χ3n) is 11.6. The minimum atomic E-state index is 0.328. The number of fused-ring (bicyclic) bond motifs is 5. The summed E-state index contributed by atoms with van der Waals surface area (Å²) in [5, 5.41) is 0. The fourth-order valence-electron chi connectivity index (χ4n) is 9.82. The Balaban J connectivity index is 1.47. The molecule has 0 aromatic rings. The first-order chi connectivity index (χ1) is 14.2. The maximum Gasteiger partial charge on any atom is 0.136 e. The Kier molecular flexibility index (Phi) is 6.51. The van der Waals surface area contributed by atoms with Crippen LogP contribution in [0.5, 0.6) is 0 Å². The van der Waals surface area contributed by atoms with E-state index in [-0.39, 0.29) is 0 Å². The second-order valence-corrected chi connectivity index (χ2v) is 13.0. The number of hydrogen-bond donors (Lipinski definition) is 0. The van der Waals surface area contributed by atoms with Crippen molar-refractivity contribution >= 4 is 5.78 Å². The first kappa shape index (κ1) is 22.8. The molecule has 0 heterocycles. The van der Waals surface area contributed by atoms with Gasteiger partial charge in [0.25, 0.3) is 0 Å². The maximum atomic E-state index is 12.7. The summed E-state index contributed by atoms with van der Waals surface area (Å²) in [4.78, 5) is 12.7. The number of carbonyl (C=O) groups is 1. The molecule has 0 radical (unpaired) electrons. The first-order valence-electron chi connectivity index (χ1n) is 13.7. The molecule has 4 aliphatic rings. The van der Waals surface area contributed by atoms with Crippen molar-refractivity contribution in [2.24, 2.45) is 58.2 Å². The molecule has 1 unspecified atom stereocenters. The monoisotopic (exact) mass is 414 g/mol. The molecule has 1 heteroatoms. The van der Waals surface area contributed by atoms with Gasteiger partial charge in [0, 0.05) is 12.3 Å². The van der Waals surface area contributed by atoms with Gasteiger partial charge in [0.05, 0.1) is 0 Å². The van der Waals surface area contributed by atoms with Crippen LogP contribution in [0.15, 0.2) is 0 Å². The van der Waals surface area contributed by atoms with Crippen molar-refractivity contribution in [2.45, 2.75) is 119 Å². The summed E-state index contributed by atoms with van der Waals surface area (Å²) in [5.41, 5.74) is 0.900. The van der Waals surface area contributed by atoms with E-state index in [9.17, 15) is 4.79 Å². The Morgan fingerprint density at radius 1 is 0.900 bits per heavy atom. The van der Waals surface area contributed by atoms with Crippen LogP contribution in [0.3, 0.4) is 0 Å². The highest BCUT2D eigenvalue weighted by Crippen LogP contribution is 2.68. The minimum absolute atomic E-state index is 0.328. The maximum absolute atomic E-state index is 12.7. The van der Waals surface area contributed by atoms with E-state index in [4.69, 9.17) is 0 Å². The lowest BCUT2D eigenvalue weighted by Gasteiger charge is -2.60. The molecule has 0 saturated heterocycles. The summed E-state index contributed by atoms with van der Waals surface area (Å²) in [6, 6.07) is 0. The highest BCUT2D eigenvalue weighted by atomic mass is 16.1. The summed E-state index contributed by atoms with van der Waals surface area (Å²) in [7, 11) is 0. The van der Waals surface area contributed by atoms with E-state index in [1.165, 1.54) is 64.2 Å². The van der Waals surface area contributed by atoms with Crippen molar-refractivity contribution in [3.05, 3.63) is 0 Å². The van der Waals surface area contributed by atoms with Gasteiger partial charge >= 0.3 is 0 Å². The van der Waals surface area contributed by atoms with Gasteiger partial charge in [0.1, 0.15) is 5.78 Å². The number of ketones is 1. The van der Waals surface area contributed by atoms with Crippen molar-refractivity contribution in [3.8, 4) is 0 Å². The predicted molar refractivity (Wildman–Crippen MR) is 127 cm³/mol. The Labute approximate surface area is 187 Å². The molecule has 0 aromatic carbocycles. The summed E-state index contributed by atoms with van der Waals surface area (Å²) >= 11 is 0. The molecule has 0 N–H and O–H groups in total. The van der Waals surface area contributed by atoms with Crippen LogP contribution in [0.25, 0.3) is 0 Å². The lowest BCUT2D eigenvalue weighted by Crippen LogP contribution is -2.54. The van der Waals surface area contributed by atoms with Crippen LogP contribution < -0.4 is 0 Å². The lowest BCUT2D eigenvalue weighted by molar-refractivity contribution is -0.149. The number of Topliss-reactive ketones (excluding diaryl/α,β-unsaturated/α-hetero) is 1. The average Bonchev–Trinajstić information content (AvgIpc) is 3.05. The third kappa shape index (κ3) is 3.63. The van der Waals surface area contributed by atoms with Crippen LogP contribution in [-0.4, -0.2) is 5.78 Å². The van der Waals surface area contributed by atoms with Gasteiger partial charge in [-0.3, -0.25) is 4.79 Å². The molecular formula is C29H50O. The lowest BCUT2D eigenvalue weighted by atomic mass is 9.44. The zero-order chi connectivity index (χ0) is 21.7. The standard InChI is InChI=1S/C29H50O/c1-7-21(19(2)3)11-10-20(4)23-14-15-24-22-12-13-26-27(30)9-8-17-28(26,5)25(22)16-18-29(23,24)6/h19-26H,7-18H2,1-6H3/t20-,21-,22+,23-,24+,25+,26?,28-,29-/m1/s1.